The van der Waals surface area contributed by atoms with E-state index in [0.717, 1.165) is 29.6 Å². The van der Waals surface area contributed by atoms with Crippen LogP contribution in [0, 0.1) is 5.82 Å². The van der Waals surface area contributed by atoms with Crippen molar-refractivity contribution in [1.82, 2.24) is 14.9 Å². The number of likely N-dealkylation sites (tertiary alicyclic amines) is 1. The zero-order valence-electron chi connectivity index (χ0n) is 18.9. The van der Waals surface area contributed by atoms with Crippen LogP contribution in [0.25, 0.3) is 10.9 Å². The van der Waals surface area contributed by atoms with Gasteiger partial charge in [0.1, 0.15) is 23.7 Å². The Bertz CT molecular complexity index is 1250. The van der Waals surface area contributed by atoms with Crippen LogP contribution in [-0.4, -0.2) is 46.4 Å². The molecule has 2 heterocycles. The van der Waals surface area contributed by atoms with E-state index in [2.05, 4.69) is 20.2 Å². The summed E-state index contributed by atoms with van der Waals surface area (Å²) in [4.78, 5) is 23.9. The molecule has 6 nitrogen and oxygen atoms in total. The number of hydrogen-bond donors (Lipinski definition) is 1. The smallest absolute Gasteiger partial charge is 0.159 e. The van der Waals surface area contributed by atoms with Gasteiger partial charge in [-0.05, 0) is 43.2 Å². The van der Waals surface area contributed by atoms with E-state index in [-0.39, 0.29) is 17.2 Å². The first-order valence-corrected chi connectivity index (χ1v) is 11.9. The Labute approximate surface area is 202 Å². The molecule has 3 aromatic rings. The highest BCUT2D eigenvalue weighted by atomic mass is 35.5. The number of hydrogen-bond acceptors (Lipinski definition) is 6. The lowest BCUT2D eigenvalue weighted by Gasteiger charge is -2.12. The van der Waals surface area contributed by atoms with E-state index in [1.807, 2.05) is 12.1 Å². The van der Waals surface area contributed by atoms with Crippen molar-refractivity contribution in [1.29, 1.82) is 0 Å². The SMILES string of the molecule is COc1cc2ncnc(Nc3ccc(F)c(Cl)c3)c2cc1CC(=O)/C=C/CN1C2CCCCC21. The summed E-state index contributed by atoms with van der Waals surface area (Å²) in [6.07, 6.45) is 10.5. The number of anilines is 2. The molecule has 0 radical (unpaired) electrons. The third-order valence-corrected chi connectivity index (χ3v) is 6.95. The summed E-state index contributed by atoms with van der Waals surface area (Å²) in [5.74, 6) is 0.652. The minimum absolute atomic E-state index is 0.0131. The molecule has 2 atom stereocenters. The summed E-state index contributed by atoms with van der Waals surface area (Å²) in [5, 5.41) is 3.91. The van der Waals surface area contributed by atoms with Crippen molar-refractivity contribution < 1.29 is 13.9 Å². The van der Waals surface area contributed by atoms with Gasteiger partial charge in [0, 0.05) is 47.8 Å². The molecule has 0 spiro atoms. The van der Waals surface area contributed by atoms with Gasteiger partial charge in [0.15, 0.2) is 5.78 Å². The first-order valence-electron chi connectivity index (χ1n) is 11.5. The molecule has 2 unspecified atom stereocenters. The normalized spacial score (nSPS) is 21.4. The number of nitrogens with zero attached hydrogens (tertiary/aromatic N) is 3. The van der Waals surface area contributed by atoms with Gasteiger partial charge in [-0.2, -0.15) is 0 Å². The van der Waals surface area contributed by atoms with Gasteiger partial charge < -0.3 is 10.1 Å². The standard InChI is InChI=1S/C26H26ClFN4O2/c1-34-25-14-22-19(26(30-15-29-22)31-17-8-9-21(28)20(27)13-17)12-16(25)11-18(33)5-4-10-32-23-6-2-3-7-24(23)32/h4-5,8-9,12-15,23-24H,2-3,6-7,10-11H2,1H3,(H,29,30,31)/b5-4+. The van der Waals surface area contributed by atoms with Crippen LogP contribution in [0.3, 0.4) is 0 Å². The van der Waals surface area contributed by atoms with Crippen LogP contribution in [0.4, 0.5) is 15.9 Å². The second-order valence-electron chi connectivity index (χ2n) is 8.82. The van der Waals surface area contributed by atoms with Gasteiger partial charge in [-0.3, -0.25) is 9.69 Å². The highest BCUT2D eigenvalue weighted by Gasteiger charge is 2.46. The van der Waals surface area contributed by atoms with Crippen molar-refractivity contribution >= 4 is 39.8 Å². The lowest BCUT2D eigenvalue weighted by atomic mass is 10.0. The van der Waals surface area contributed by atoms with Crippen LogP contribution in [0.5, 0.6) is 5.75 Å². The molecule has 0 bridgehead atoms. The van der Waals surface area contributed by atoms with E-state index in [1.165, 1.54) is 44.1 Å². The van der Waals surface area contributed by atoms with E-state index in [4.69, 9.17) is 16.3 Å². The largest absolute Gasteiger partial charge is 0.496 e. The Morgan fingerprint density at radius 2 is 2.03 bits per heavy atom. The Morgan fingerprint density at radius 3 is 2.76 bits per heavy atom. The average Bonchev–Trinajstić information content (AvgIpc) is 3.54. The second-order valence-corrected chi connectivity index (χ2v) is 9.23. The quantitative estimate of drug-likeness (QED) is 0.340. The molecule has 1 aliphatic heterocycles. The molecule has 2 aliphatic rings. The van der Waals surface area contributed by atoms with Crippen molar-refractivity contribution in [2.45, 2.75) is 44.2 Å². The van der Waals surface area contributed by atoms with Crippen LogP contribution in [0.1, 0.15) is 31.2 Å². The fraction of sp³-hybridized carbons (Fsp3) is 0.346. The van der Waals surface area contributed by atoms with E-state index in [0.29, 0.717) is 22.8 Å². The molecule has 0 amide bonds. The van der Waals surface area contributed by atoms with Crippen LogP contribution in [0.15, 0.2) is 48.8 Å². The highest BCUT2D eigenvalue weighted by molar-refractivity contribution is 6.31. The zero-order valence-corrected chi connectivity index (χ0v) is 19.7. The predicted octanol–water partition coefficient (Wildman–Crippen LogP) is 5.47. The number of aromatic nitrogens is 2. The third-order valence-electron chi connectivity index (χ3n) is 6.66. The van der Waals surface area contributed by atoms with Crippen molar-refractivity contribution in [3.8, 4) is 5.75 Å². The summed E-state index contributed by atoms with van der Waals surface area (Å²) < 4.78 is 19.1. The molecule has 34 heavy (non-hydrogen) atoms. The maximum atomic E-state index is 13.5. The molecule has 5 rings (SSSR count). The van der Waals surface area contributed by atoms with Crippen molar-refractivity contribution in [2.75, 3.05) is 19.0 Å². The summed E-state index contributed by atoms with van der Waals surface area (Å²) in [6.45, 7) is 0.831. The maximum absolute atomic E-state index is 13.5. The lowest BCUT2D eigenvalue weighted by molar-refractivity contribution is -0.114. The lowest BCUT2D eigenvalue weighted by Crippen LogP contribution is -2.05. The highest BCUT2D eigenvalue weighted by Crippen LogP contribution is 2.40. The Hall–Kier alpha value is -3.03. The van der Waals surface area contributed by atoms with E-state index < -0.39 is 5.82 Å². The topological polar surface area (TPSA) is 67.1 Å². The van der Waals surface area contributed by atoms with E-state index >= 15 is 0 Å². The number of ketones is 1. The molecule has 1 N–H and O–H groups in total. The molecule has 8 heteroatoms. The van der Waals surface area contributed by atoms with Gasteiger partial charge in [-0.25, -0.2) is 14.4 Å². The summed E-state index contributed by atoms with van der Waals surface area (Å²) in [7, 11) is 1.58. The van der Waals surface area contributed by atoms with Crippen LogP contribution in [0.2, 0.25) is 5.02 Å². The summed E-state index contributed by atoms with van der Waals surface area (Å²) in [6, 6.07) is 9.47. The monoisotopic (exact) mass is 480 g/mol. The number of carbonyl (C=O) groups is 1. The Kier molecular flexibility index (Phi) is 6.48. The average molecular weight is 481 g/mol. The Balaban J connectivity index is 1.33. The molecule has 2 aromatic carbocycles. The van der Waals surface area contributed by atoms with Crippen LogP contribution in [-0.2, 0) is 11.2 Å². The summed E-state index contributed by atoms with van der Waals surface area (Å²) in [5.41, 5.74) is 2.01. The minimum atomic E-state index is -0.490. The molecule has 176 valence electrons. The van der Waals surface area contributed by atoms with Crippen LogP contribution < -0.4 is 10.1 Å². The number of nitrogens with one attached hydrogen (secondary N) is 1. The summed E-state index contributed by atoms with van der Waals surface area (Å²) >= 11 is 5.91. The number of ether oxygens (including phenoxy) is 1. The second kappa shape index (κ2) is 9.68. The van der Waals surface area contributed by atoms with Crippen molar-refractivity contribution in [2.24, 2.45) is 0 Å². The van der Waals surface area contributed by atoms with Gasteiger partial charge in [-0.1, -0.05) is 30.5 Å². The Morgan fingerprint density at radius 1 is 1.24 bits per heavy atom. The number of fused-ring (bicyclic) bond motifs is 2. The number of methoxy groups -OCH3 is 1. The molecule has 2 fully saturated rings. The van der Waals surface area contributed by atoms with E-state index in [9.17, 15) is 9.18 Å². The number of allylic oxidation sites excluding steroid dienone is 1. The molecule has 1 aromatic heterocycles. The van der Waals surface area contributed by atoms with Crippen molar-refractivity contribution in [3.05, 3.63) is 65.2 Å². The number of rotatable bonds is 8. The fourth-order valence-corrected chi connectivity index (χ4v) is 5.09. The molecule has 1 aliphatic carbocycles. The van der Waals surface area contributed by atoms with Gasteiger partial charge in [-0.15, -0.1) is 0 Å². The van der Waals surface area contributed by atoms with Gasteiger partial charge in [0.25, 0.3) is 0 Å². The van der Waals surface area contributed by atoms with E-state index in [1.54, 1.807) is 25.3 Å². The zero-order chi connectivity index (χ0) is 23.7. The molecule has 1 saturated heterocycles. The van der Waals surface area contributed by atoms with Crippen LogP contribution >= 0.6 is 11.6 Å². The molecule has 1 saturated carbocycles. The first kappa shape index (κ1) is 22.7. The van der Waals surface area contributed by atoms with Gasteiger partial charge in [0.2, 0.25) is 0 Å². The molecular weight excluding hydrogens is 455 g/mol. The van der Waals surface area contributed by atoms with Gasteiger partial charge in [0.05, 0.1) is 17.6 Å². The molecular formula is C26H26ClFN4O2. The minimum Gasteiger partial charge on any atom is -0.496 e. The number of halogens is 2. The fourth-order valence-electron chi connectivity index (χ4n) is 4.91. The third kappa shape index (κ3) is 4.76. The predicted molar refractivity (Wildman–Crippen MR) is 131 cm³/mol. The van der Waals surface area contributed by atoms with Gasteiger partial charge >= 0.3 is 0 Å². The number of benzene rings is 2. The maximum Gasteiger partial charge on any atom is 0.159 e. The first-order chi connectivity index (χ1) is 16.5. The van der Waals surface area contributed by atoms with Crippen molar-refractivity contribution in [3.63, 3.8) is 0 Å². The number of carbonyl (C=O) groups excluding carboxylic acids is 1.